The number of methoxy groups -OCH3 is 1. The molecule has 5 rings (SSSR count). The van der Waals surface area contributed by atoms with Gasteiger partial charge in [0.2, 0.25) is 0 Å². The van der Waals surface area contributed by atoms with Gasteiger partial charge in [0.1, 0.15) is 0 Å². The molecule has 1 N–H and O–H groups in total. The third-order valence-corrected chi connectivity index (χ3v) is 7.97. The highest BCUT2D eigenvalue weighted by Crippen LogP contribution is 2.60. The average molecular weight is 518 g/mol. The van der Waals surface area contributed by atoms with Crippen molar-refractivity contribution in [2.24, 2.45) is 5.41 Å². The van der Waals surface area contributed by atoms with E-state index in [2.05, 4.69) is 40.3 Å². The van der Waals surface area contributed by atoms with Crippen molar-refractivity contribution in [3.63, 3.8) is 0 Å². The summed E-state index contributed by atoms with van der Waals surface area (Å²) < 4.78 is 5.64. The van der Waals surface area contributed by atoms with Gasteiger partial charge in [-0.15, -0.1) is 5.92 Å². The number of nitrogens with one attached hydrogen (secondary N) is 1. The Kier molecular flexibility index (Phi) is 9.38. The molecule has 2 aliphatic carbocycles. The lowest BCUT2D eigenvalue weighted by molar-refractivity contribution is -0.139. The molecular weight excluding hydrogens is 474 g/mol. The summed E-state index contributed by atoms with van der Waals surface area (Å²) in [5.74, 6) is 5.86. The molecule has 1 aliphatic heterocycles. The van der Waals surface area contributed by atoms with Crippen LogP contribution in [-0.2, 0) is 21.5 Å². The summed E-state index contributed by atoms with van der Waals surface area (Å²) in [6.07, 6.45) is 7.96. The van der Waals surface area contributed by atoms with Gasteiger partial charge in [0, 0.05) is 42.1 Å². The molecule has 2 aromatic rings. The Morgan fingerprint density at radius 1 is 1.05 bits per heavy atom. The molecule has 6 heteroatoms. The molecule has 1 saturated heterocycles. The summed E-state index contributed by atoms with van der Waals surface area (Å²) in [4.78, 5) is 33.1. The van der Waals surface area contributed by atoms with Crippen molar-refractivity contribution >= 4 is 11.9 Å². The van der Waals surface area contributed by atoms with Gasteiger partial charge >= 0.3 is 6.03 Å². The van der Waals surface area contributed by atoms with Crippen LogP contribution in [-0.4, -0.2) is 41.1 Å². The van der Waals surface area contributed by atoms with E-state index in [-0.39, 0.29) is 29.5 Å². The number of hydrogen-bond acceptors (Lipinski definition) is 4. The first-order valence-corrected chi connectivity index (χ1v) is 14.1. The van der Waals surface area contributed by atoms with E-state index >= 15 is 0 Å². The smallest absolute Gasteiger partial charge is 0.325 e. The van der Waals surface area contributed by atoms with Crippen LogP contribution in [0.2, 0.25) is 0 Å². The number of aromatic nitrogens is 1. The fourth-order valence-electron chi connectivity index (χ4n) is 6.34. The summed E-state index contributed by atoms with van der Waals surface area (Å²) in [6.45, 7) is 13.6. The summed E-state index contributed by atoms with van der Waals surface area (Å²) in [7, 11) is 1.75. The molecule has 3 amide bonds. The fraction of sp³-hybridized carbons (Fsp3) is 0.531. The Hall–Kier alpha value is -3.17. The predicted molar refractivity (Wildman–Crippen MR) is 153 cm³/mol. The molecule has 204 valence electrons. The first-order chi connectivity index (χ1) is 18.3. The maximum atomic E-state index is 14.1. The zero-order chi connectivity index (χ0) is 28.1. The van der Waals surface area contributed by atoms with E-state index in [1.807, 2.05) is 53.8 Å². The van der Waals surface area contributed by atoms with Gasteiger partial charge in [-0.2, -0.15) is 0 Å². The molecule has 2 fully saturated rings. The zero-order valence-electron chi connectivity index (χ0n) is 24.3. The van der Waals surface area contributed by atoms with Crippen LogP contribution in [0, 0.1) is 17.3 Å². The molecule has 2 spiro atoms. The van der Waals surface area contributed by atoms with Crippen molar-refractivity contribution < 1.29 is 14.3 Å². The molecule has 1 aromatic heterocycles. The minimum Gasteiger partial charge on any atom is -0.381 e. The Morgan fingerprint density at radius 3 is 2.32 bits per heavy atom. The third-order valence-electron chi connectivity index (χ3n) is 7.97. The van der Waals surface area contributed by atoms with Crippen LogP contribution in [0.4, 0.5) is 4.79 Å². The molecule has 6 nitrogen and oxygen atoms in total. The summed E-state index contributed by atoms with van der Waals surface area (Å²) in [5, 5.41) is 3.23. The normalized spacial score (nSPS) is 25.2. The number of ether oxygens (including phenoxy) is 1. The second kappa shape index (κ2) is 12.1. The summed E-state index contributed by atoms with van der Waals surface area (Å²) in [6, 6.07) is 7.82. The number of urea groups is 1. The van der Waals surface area contributed by atoms with Crippen LogP contribution in [0.1, 0.15) is 90.8 Å². The molecule has 1 aromatic carbocycles. The number of fused-ring (bicyclic) bond motifs is 3. The van der Waals surface area contributed by atoms with E-state index in [9.17, 15) is 9.59 Å². The quantitative estimate of drug-likeness (QED) is 0.375. The van der Waals surface area contributed by atoms with Crippen LogP contribution in [0.3, 0.4) is 0 Å². The molecule has 0 bridgehead atoms. The topological polar surface area (TPSA) is 71.5 Å². The lowest BCUT2D eigenvalue weighted by Crippen LogP contribution is -2.57. The van der Waals surface area contributed by atoms with E-state index in [4.69, 9.17) is 4.74 Å². The van der Waals surface area contributed by atoms with Crippen LogP contribution >= 0.6 is 0 Å². The Balaban J connectivity index is 0.000000956. The maximum absolute atomic E-state index is 14.1. The van der Waals surface area contributed by atoms with Crippen molar-refractivity contribution in [3.8, 4) is 23.0 Å². The van der Waals surface area contributed by atoms with Crippen molar-refractivity contribution in [2.75, 3.05) is 7.11 Å². The number of nitrogens with zero attached hydrogens (tertiary/aromatic N) is 2. The van der Waals surface area contributed by atoms with Crippen molar-refractivity contribution in [2.45, 2.75) is 98.3 Å². The minimum absolute atomic E-state index is 0.122. The Morgan fingerprint density at radius 2 is 1.74 bits per heavy atom. The number of rotatable bonds is 3. The Bertz CT molecular complexity index is 1220. The second-order valence-electron chi connectivity index (χ2n) is 10.1. The lowest BCUT2D eigenvalue weighted by atomic mass is 9.61. The number of imide groups is 1. The number of carbonyl (C=O) groups is 2. The highest BCUT2D eigenvalue weighted by Gasteiger charge is 2.68. The van der Waals surface area contributed by atoms with Gasteiger partial charge in [0.15, 0.2) is 5.54 Å². The van der Waals surface area contributed by atoms with Gasteiger partial charge in [0.05, 0.1) is 6.10 Å². The number of carbonyl (C=O) groups excluding carboxylic acids is 2. The zero-order valence-corrected chi connectivity index (χ0v) is 24.3. The molecule has 0 radical (unpaired) electrons. The van der Waals surface area contributed by atoms with Gasteiger partial charge in [0.25, 0.3) is 5.91 Å². The van der Waals surface area contributed by atoms with Crippen LogP contribution in [0.15, 0.2) is 36.7 Å². The number of pyridine rings is 1. The van der Waals surface area contributed by atoms with Gasteiger partial charge < -0.3 is 10.1 Å². The number of hydrogen-bond donors (Lipinski definition) is 1. The third kappa shape index (κ3) is 4.73. The van der Waals surface area contributed by atoms with Crippen LogP contribution in [0.25, 0.3) is 11.1 Å². The average Bonchev–Trinajstić information content (AvgIpc) is 3.37. The summed E-state index contributed by atoms with van der Waals surface area (Å²) >= 11 is 0. The van der Waals surface area contributed by atoms with Gasteiger partial charge in [-0.3, -0.25) is 14.7 Å². The Labute approximate surface area is 228 Å². The highest BCUT2D eigenvalue weighted by atomic mass is 16.5. The first-order valence-electron chi connectivity index (χ1n) is 14.1. The van der Waals surface area contributed by atoms with Gasteiger partial charge in [-0.25, -0.2) is 4.79 Å². The fourth-order valence-corrected chi connectivity index (χ4v) is 6.34. The molecule has 2 heterocycles. The molecule has 1 atom stereocenters. The SMILES string of the molecule is CC.CC.CC#Cc1cncc(-c2ccc3c(c2)C2(NC(=O)N(C(C)C)C2=O)C2(CCC(OC)CC2)C3)c1. The minimum atomic E-state index is -1.05. The molecule has 1 saturated carbocycles. The van der Waals surface area contributed by atoms with E-state index in [1.165, 1.54) is 4.90 Å². The first kappa shape index (κ1) is 29.4. The maximum Gasteiger partial charge on any atom is 0.325 e. The summed E-state index contributed by atoms with van der Waals surface area (Å²) in [5.41, 5.74) is 3.42. The molecule has 1 unspecified atom stereocenters. The van der Waals surface area contributed by atoms with Crippen molar-refractivity contribution in [1.82, 2.24) is 15.2 Å². The largest absolute Gasteiger partial charge is 0.381 e. The van der Waals surface area contributed by atoms with Crippen LogP contribution < -0.4 is 5.32 Å². The monoisotopic (exact) mass is 517 g/mol. The van der Waals surface area contributed by atoms with E-state index in [0.717, 1.165) is 59.9 Å². The molecule has 3 aliphatic rings. The second-order valence-corrected chi connectivity index (χ2v) is 10.1. The van der Waals surface area contributed by atoms with E-state index in [1.54, 1.807) is 20.2 Å². The van der Waals surface area contributed by atoms with Gasteiger partial charge in [-0.1, -0.05) is 45.7 Å². The van der Waals surface area contributed by atoms with Crippen LogP contribution in [0.5, 0.6) is 0 Å². The van der Waals surface area contributed by atoms with Crippen molar-refractivity contribution in [1.29, 1.82) is 0 Å². The predicted octanol–water partition coefficient (Wildman–Crippen LogP) is 6.46. The van der Waals surface area contributed by atoms with Gasteiger partial charge in [-0.05, 0) is 81.7 Å². The van der Waals surface area contributed by atoms with E-state index in [0.29, 0.717) is 0 Å². The van der Waals surface area contributed by atoms with E-state index < -0.39 is 5.54 Å². The lowest BCUT2D eigenvalue weighted by Gasteiger charge is -2.46. The molecular formula is C32H43N3O3. The molecule has 38 heavy (non-hydrogen) atoms. The standard InChI is InChI=1S/C28H31N3O3.2C2H6/c1-5-6-19-13-22(17-29-16-19)20-7-8-21-15-27(11-9-23(34-4)10-12-27)28(24(21)14-20)25(32)31(18(2)3)26(33)30-28;2*1-2/h7-8,13-14,16-18,23H,9-12,15H2,1-4H3,(H,30,33);2*1-2H3. The number of amides is 3. The van der Waals surface area contributed by atoms with Crippen molar-refractivity contribution in [3.05, 3.63) is 53.3 Å². The number of benzene rings is 1. The highest BCUT2D eigenvalue weighted by molar-refractivity contribution is 6.09.